The molecule has 5 rings (SSSR count). The minimum Gasteiger partial charge on any atom is -0.504 e. The number of phenolic OH excluding ortho intramolecular Hbond substituents is 10. The maximum absolute atomic E-state index is 8.67. The summed E-state index contributed by atoms with van der Waals surface area (Å²) >= 11 is 0. The first kappa shape index (κ1) is 39.4. The van der Waals surface area contributed by atoms with Crippen LogP contribution < -0.4 is 0 Å². The summed E-state index contributed by atoms with van der Waals surface area (Å²) in [6.45, 7) is 0. The van der Waals surface area contributed by atoms with E-state index in [1.54, 1.807) is 60.7 Å². The molecule has 0 aliphatic rings. The number of phenols is 10. The number of hydrogen-bond donors (Lipinski definition) is 10. The molecule has 2 radical (unpaired) electrons. The van der Waals surface area contributed by atoms with Crippen LogP contribution in [0.1, 0.15) is 0 Å². The maximum Gasteiger partial charge on any atom is 0.157 e. The molecule has 0 bridgehead atoms. The van der Waals surface area contributed by atoms with Crippen LogP contribution in [0.15, 0.2) is 121 Å². The number of rotatable bonds is 0. The number of hydrogen-bond acceptors (Lipinski definition) is 10. The Labute approximate surface area is 266 Å². The van der Waals surface area contributed by atoms with Crippen molar-refractivity contribution in [3.8, 4) is 57.5 Å². The quantitative estimate of drug-likeness (QED) is 0.0955. The first-order chi connectivity index (χ1) is 19.0. The van der Waals surface area contributed by atoms with Gasteiger partial charge in [0, 0.05) is 37.1 Å². The molecule has 0 heterocycles. The van der Waals surface area contributed by atoms with Crippen molar-refractivity contribution in [2.75, 3.05) is 0 Å². The maximum atomic E-state index is 8.67. The summed E-state index contributed by atoms with van der Waals surface area (Å²) < 4.78 is 0. The second kappa shape index (κ2) is 22.0. The third kappa shape index (κ3) is 16.4. The first-order valence-electron chi connectivity index (χ1n) is 11.4. The van der Waals surface area contributed by atoms with Gasteiger partial charge in [-0.3, -0.25) is 0 Å². The van der Waals surface area contributed by atoms with Crippen LogP contribution >= 0.6 is 0 Å². The van der Waals surface area contributed by atoms with Crippen molar-refractivity contribution in [2.24, 2.45) is 0 Å². The molecule has 5 aromatic rings. The predicted octanol–water partition coefficient (Wildman–Crippen LogP) is 5.48. The van der Waals surface area contributed by atoms with Gasteiger partial charge in [-0.1, -0.05) is 60.7 Å². The van der Waals surface area contributed by atoms with Crippen LogP contribution in [0.25, 0.3) is 0 Å². The standard InChI is InChI=1S/5C6H6O2.2V/c5*7-5-3-1-2-4-6(5)8;;/h5*1-4,7-8H;;. The molecule has 42 heavy (non-hydrogen) atoms. The largest absolute Gasteiger partial charge is 0.504 e. The molecule has 0 aromatic heterocycles. The van der Waals surface area contributed by atoms with Gasteiger partial charge in [0.2, 0.25) is 0 Å². The summed E-state index contributed by atoms with van der Waals surface area (Å²) in [7, 11) is 0. The van der Waals surface area contributed by atoms with E-state index in [9.17, 15) is 0 Å². The normalized spacial score (nSPS) is 8.57. The summed E-state index contributed by atoms with van der Waals surface area (Å²) in [5.41, 5.74) is 0. The first-order valence-corrected chi connectivity index (χ1v) is 11.4. The van der Waals surface area contributed by atoms with Crippen molar-refractivity contribution in [1.29, 1.82) is 0 Å². The molecule has 0 amide bonds. The zero-order chi connectivity index (χ0) is 29.9. The van der Waals surface area contributed by atoms with E-state index in [1.165, 1.54) is 60.7 Å². The fourth-order valence-corrected chi connectivity index (χ4v) is 2.32. The van der Waals surface area contributed by atoms with Crippen LogP contribution in [0.2, 0.25) is 0 Å². The van der Waals surface area contributed by atoms with E-state index in [2.05, 4.69) is 0 Å². The number of para-hydroxylation sites is 10. The molecule has 0 saturated carbocycles. The van der Waals surface area contributed by atoms with Crippen LogP contribution in [0.4, 0.5) is 0 Å². The molecular formula is C30H30O10V2. The third-order valence-corrected chi connectivity index (χ3v) is 4.41. The summed E-state index contributed by atoms with van der Waals surface area (Å²) in [5.74, 6) is -0.764. The zero-order valence-corrected chi connectivity index (χ0v) is 24.7. The molecule has 0 unspecified atom stereocenters. The fraction of sp³-hybridized carbons (Fsp3) is 0. The van der Waals surface area contributed by atoms with Crippen molar-refractivity contribution in [1.82, 2.24) is 0 Å². The van der Waals surface area contributed by atoms with Gasteiger partial charge in [-0.2, -0.15) is 0 Å². The van der Waals surface area contributed by atoms with Gasteiger partial charge in [-0.15, -0.1) is 0 Å². The summed E-state index contributed by atoms with van der Waals surface area (Å²) in [4.78, 5) is 0. The second-order valence-corrected chi connectivity index (χ2v) is 7.44. The van der Waals surface area contributed by atoms with Gasteiger partial charge in [-0.25, -0.2) is 0 Å². The minimum absolute atomic E-state index is 0. The molecule has 0 spiro atoms. The van der Waals surface area contributed by atoms with Crippen LogP contribution in [0.3, 0.4) is 0 Å². The molecule has 5 aromatic carbocycles. The van der Waals surface area contributed by atoms with E-state index < -0.39 is 0 Å². The minimum atomic E-state index is -0.0764. The molecule has 0 aliphatic carbocycles. The van der Waals surface area contributed by atoms with E-state index in [-0.39, 0.29) is 94.6 Å². The molecule has 220 valence electrons. The van der Waals surface area contributed by atoms with E-state index in [4.69, 9.17) is 51.1 Å². The van der Waals surface area contributed by atoms with Gasteiger partial charge in [-0.05, 0) is 60.7 Å². The van der Waals surface area contributed by atoms with E-state index in [1.807, 2.05) is 0 Å². The third-order valence-electron chi connectivity index (χ3n) is 4.41. The Hall–Kier alpha value is -4.73. The Morgan fingerprint density at radius 1 is 0.190 bits per heavy atom. The molecule has 10 N–H and O–H groups in total. The van der Waals surface area contributed by atoms with Gasteiger partial charge in [0.05, 0.1) is 0 Å². The Morgan fingerprint density at radius 3 is 0.310 bits per heavy atom. The smallest absolute Gasteiger partial charge is 0.157 e. The van der Waals surface area contributed by atoms with Crippen LogP contribution in [-0.4, -0.2) is 51.1 Å². The topological polar surface area (TPSA) is 202 Å². The summed E-state index contributed by atoms with van der Waals surface area (Å²) in [5, 5.41) is 86.7. The second-order valence-electron chi connectivity index (χ2n) is 7.44. The van der Waals surface area contributed by atoms with Crippen molar-refractivity contribution in [3.05, 3.63) is 121 Å². The van der Waals surface area contributed by atoms with E-state index in [0.717, 1.165) is 0 Å². The predicted molar refractivity (Wildman–Crippen MR) is 149 cm³/mol. The van der Waals surface area contributed by atoms with Crippen LogP contribution in [0.5, 0.6) is 57.5 Å². The molecule has 0 atom stereocenters. The van der Waals surface area contributed by atoms with Crippen molar-refractivity contribution in [3.63, 3.8) is 0 Å². The Kier molecular flexibility index (Phi) is 20.7. The Morgan fingerprint density at radius 2 is 0.262 bits per heavy atom. The molecule has 0 fully saturated rings. The fourth-order valence-electron chi connectivity index (χ4n) is 2.32. The molecule has 10 nitrogen and oxygen atoms in total. The van der Waals surface area contributed by atoms with Crippen molar-refractivity contribution in [2.45, 2.75) is 0 Å². The number of aromatic hydroxyl groups is 10. The van der Waals surface area contributed by atoms with Crippen molar-refractivity contribution < 1.29 is 88.2 Å². The average molecular weight is 652 g/mol. The average Bonchev–Trinajstić information content (AvgIpc) is 2.94. The SMILES string of the molecule is Oc1ccccc1O.Oc1ccccc1O.Oc1ccccc1O.Oc1ccccc1O.Oc1ccccc1O.[V].[V]. The Balaban J connectivity index is 0. The Bertz CT molecular complexity index is 1080. The zero-order valence-electron chi connectivity index (χ0n) is 21.9. The molecule has 0 saturated heterocycles. The van der Waals surface area contributed by atoms with Crippen LogP contribution in [-0.2, 0) is 37.1 Å². The summed E-state index contributed by atoms with van der Waals surface area (Å²) in [6.07, 6.45) is 0. The van der Waals surface area contributed by atoms with Gasteiger partial charge in [0.15, 0.2) is 57.5 Å². The van der Waals surface area contributed by atoms with Gasteiger partial charge >= 0.3 is 0 Å². The molecule has 12 heteroatoms. The number of benzene rings is 5. The van der Waals surface area contributed by atoms with E-state index in [0.29, 0.717) is 0 Å². The monoisotopic (exact) mass is 652 g/mol. The van der Waals surface area contributed by atoms with Crippen molar-refractivity contribution >= 4 is 0 Å². The van der Waals surface area contributed by atoms with Gasteiger partial charge < -0.3 is 51.1 Å². The summed E-state index contributed by atoms with van der Waals surface area (Å²) in [6, 6.07) is 30.7. The van der Waals surface area contributed by atoms with Gasteiger partial charge in [0.1, 0.15) is 0 Å². The van der Waals surface area contributed by atoms with Crippen LogP contribution in [0, 0.1) is 0 Å². The van der Waals surface area contributed by atoms with Gasteiger partial charge in [0.25, 0.3) is 0 Å². The molecular weight excluding hydrogens is 622 g/mol. The molecule has 0 aliphatic heterocycles. The van der Waals surface area contributed by atoms with E-state index >= 15 is 0 Å².